The molecule has 1 aliphatic heterocycles. The zero-order chi connectivity index (χ0) is 14.2. The van der Waals surface area contributed by atoms with Gasteiger partial charge in [-0.25, -0.2) is 14.8 Å². The van der Waals surface area contributed by atoms with E-state index < -0.39 is 5.97 Å². The standard InChI is InChI=1S/C13H19N3O3/c1-8-9(11(18)19)6-14-12(15-8)16-5-4-10(17)13(2,3)7-16/h6,10,17H,4-5,7H2,1-3H3,(H,18,19). The lowest BCUT2D eigenvalue weighted by Gasteiger charge is -2.41. The predicted molar refractivity (Wildman–Crippen MR) is 70.3 cm³/mol. The van der Waals surface area contributed by atoms with Gasteiger partial charge in [-0.05, 0) is 13.3 Å². The Morgan fingerprint density at radius 2 is 2.21 bits per heavy atom. The van der Waals surface area contributed by atoms with Crippen LogP contribution in [-0.4, -0.2) is 45.3 Å². The maximum Gasteiger partial charge on any atom is 0.339 e. The molecule has 0 bridgehead atoms. The van der Waals surface area contributed by atoms with Gasteiger partial charge in [-0.15, -0.1) is 0 Å². The van der Waals surface area contributed by atoms with Crippen LogP contribution in [0.1, 0.15) is 36.3 Å². The molecule has 1 atom stereocenters. The second-order valence-corrected chi connectivity index (χ2v) is 5.69. The molecule has 6 heteroatoms. The molecular weight excluding hydrogens is 246 g/mol. The molecule has 0 aromatic carbocycles. The van der Waals surface area contributed by atoms with Crippen molar-refractivity contribution in [2.24, 2.45) is 5.41 Å². The first-order chi connectivity index (χ1) is 8.81. The van der Waals surface area contributed by atoms with Gasteiger partial charge >= 0.3 is 5.97 Å². The number of carbonyl (C=O) groups is 1. The Morgan fingerprint density at radius 1 is 1.53 bits per heavy atom. The van der Waals surface area contributed by atoms with Crippen LogP contribution in [0.3, 0.4) is 0 Å². The number of aromatic carboxylic acids is 1. The average molecular weight is 265 g/mol. The number of aliphatic hydroxyl groups is 1. The third-order valence-electron chi connectivity index (χ3n) is 3.65. The summed E-state index contributed by atoms with van der Waals surface area (Å²) in [7, 11) is 0. The van der Waals surface area contributed by atoms with Gasteiger partial charge in [-0.1, -0.05) is 13.8 Å². The van der Waals surface area contributed by atoms with E-state index in [1.54, 1.807) is 6.92 Å². The highest BCUT2D eigenvalue weighted by molar-refractivity contribution is 5.88. The van der Waals surface area contributed by atoms with Crippen LogP contribution in [0, 0.1) is 12.3 Å². The molecule has 1 unspecified atom stereocenters. The first kappa shape index (κ1) is 13.7. The zero-order valence-corrected chi connectivity index (χ0v) is 11.4. The van der Waals surface area contributed by atoms with Crippen molar-refractivity contribution < 1.29 is 15.0 Å². The maximum absolute atomic E-state index is 10.9. The van der Waals surface area contributed by atoms with Crippen LogP contribution >= 0.6 is 0 Å². The molecule has 0 spiro atoms. The van der Waals surface area contributed by atoms with E-state index in [9.17, 15) is 9.90 Å². The normalized spacial score (nSPS) is 22.3. The minimum absolute atomic E-state index is 0.125. The van der Waals surface area contributed by atoms with Crippen molar-refractivity contribution in [1.29, 1.82) is 0 Å². The summed E-state index contributed by atoms with van der Waals surface area (Å²) in [5.41, 5.74) is 0.363. The molecule has 6 nitrogen and oxygen atoms in total. The number of aromatic nitrogens is 2. The van der Waals surface area contributed by atoms with Crippen LogP contribution in [0.4, 0.5) is 5.95 Å². The number of carboxylic acid groups (broad SMARTS) is 1. The topological polar surface area (TPSA) is 86.5 Å². The van der Waals surface area contributed by atoms with Gasteiger partial charge in [0.2, 0.25) is 5.95 Å². The van der Waals surface area contributed by atoms with Gasteiger partial charge in [0.15, 0.2) is 0 Å². The summed E-state index contributed by atoms with van der Waals surface area (Å²) in [6, 6.07) is 0. The molecule has 0 aliphatic carbocycles. The molecule has 1 fully saturated rings. The van der Waals surface area contributed by atoms with Crippen LogP contribution in [0.5, 0.6) is 0 Å². The smallest absolute Gasteiger partial charge is 0.339 e. The number of nitrogens with zero attached hydrogens (tertiary/aromatic N) is 3. The first-order valence-corrected chi connectivity index (χ1v) is 6.31. The molecule has 1 saturated heterocycles. The van der Waals surface area contributed by atoms with E-state index in [4.69, 9.17) is 5.11 Å². The molecule has 1 aliphatic rings. The highest BCUT2D eigenvalue weighted by Gasteiger charge is 2.35. The van der Waals surface area contributed by atoms with Crippen molar-refractivity contribution in [3.8, 4) is 0 Å². The minimum Gasteiger partial charge on any atom is -0.478 e. The predicted octanol–water partition coefficient (Wildman–Crippen LogP) is 1.08. The Kier molecular flexibility index (Phi) is 3.45. The second-order valence-electron chi connectivity index (χ2n) is 5.69. The van der Waals surface area contributed by atoms with Gasteiger partial charge < -0.3 is 15.1 Å². The Labute approximate surface area is 112 Å². The highest BCUT2D eigenvalue weighted by Crippen LogP contribution is 2.30. The van der Waals surface area contributed by atoms with Crippen LogP contribution in [0.2, 0.25) is 0 Å². The summed E-state index contributed by atoms with van der Waals surface area (Å²) in [5, 5.41) is 18.9. The number of hydrogen-bond donors (Lipinski definition) is 2. The van der Waals surface area contributed by atoms with Crippen molar-refractivity contribution in [2.45, 2.75) is 33.3 Å². The quantitative estimate of drug-likeness (QED) is 0.832. The van der Waals surface area contributed by atoms with E-state index in [1.165, 1.54) is 6.20 Å². The van der Waals surface area contributed by atoms with E-state index >= 15 is 0 Å². The Hall–Kier alpha value is -1.69. The van der Waals surface area contributed by atoms with Gasteiger partial charge in [0.1, 0.15) is 0 Å². The Morgan fingerprint density at radius 3 is 2.74 bits per heavy atom. The highest BCUT2D eigenvalue weighted by atomic mass is 16.4. The fourth-order valence-electron chi connectivity index (χ4n) is 2.33. The lowest BCUT2D eigenvalue weighted by molar-refractivity contribution is 0.0332. The SMILES string of the molecule is Cc1nc(N2CCC(O)C(C)(C)C2)ncc1C(=O)O. The maximum atomic E-state index is 10.9. The van der Waals surface area contributed by atoms with E-state index in [1.807, 2.05) is 18.7 Å². The number of piperidine rings is 1. The van der Waals surface area contributed by atoms with E-state index in [-0.39, 0.29) is 17.1 Å². The van der Waals surface area contributed by atoms with Crippen LogP contribution in [0.15, 0.2) is 6.20 Å². The summed E-state index contributed by atoms with van der Waals surface area (Å²) in [5.74, 6) is -0.485. The average Bonchev–Trinajstić information content (AvgIpc) is 2.32. The molecule has 0 amide bonds. The summed E-state index contributed by atoms with van der Waals surface area (Å²) in [6.07, 6.45) is 1.68. The van der Waals surface area contributed by atoms with Crippen molar-refractivity contribution in [2.75, 3.05) is 18.0 Å². The van der Waals surface area contributed by atoms with Crippen molar-refractivity contribution in [1.82, 2.24) is 9.97 Å². The van der Waals surface area contributed by atoms with Crippen molar-refractivity contribution in [3.05, 3.63) is 17.5 Å². The Bertz CT molecular complexity index is 502. The van der Waals surface area contributed by atoms with Crippen molar-refractivity contribution >= 4 is 11.9 Å². The van der Waals surface area contributed by atoms with Crippen LogP contribution in [-0.2, 0) is 0 Å². The zero-order valence-electron chi connectivity index (χ0n) is 11.4. The lowest BCUT2D eigenvalue weighted by Crippen LogP contribution is -2.49. The molecular formula is C13H19N3O3. The number of aliphatic hydroxyl groups excluding tert-OH is 1. The number of anilines is 1. The number of rotatable bonds is 2. The van der Waals surface area contributed by atoms with Crippen LogP contribution in [0.25, 0.3) is 0 Å². The molecule has 2 heterocycles. The summed E-state index contributed by atoms with van der Waals surface area (Å²) < 4.78 is 0. The molecule has 0 radical (unpaired) electrons. The molecule has 104 valence electrons. The number of aryl methyl sites for hydroxylation is 1. The molecule has 19 heavy (non-hydrogen) atoms. The second kappa shape index (κ2) is 4.77. The third-order valence-corrected chi connectivity index (χ3v) is 3.65. The lowest BCUT2D eigenvalue weighted by atomic mass is 9.81. The largest absolute Gasteiger partial charge is 0.478 e. The monoisotopic (exact) mass is 265 g/mol. The van der Waals surface area contributed by atoms with Gasteiger partial charge in [0.25, 0.3) is 0 Å². The van der Waals surface area contributed by atoms with Gasteiger partial charge in [0, 0.05) is 24.7 Å². The Balaban J connectivity index is 2.24. The summed E-state index contributed by atoms with van der Waals surface area (Å²) >= 11 is 0. The summed E-state index contributed by atoms with van der Waals surface area (Å²) in [4.78, 5) is 21.3. The van der Waals surface area contributed by atoms with Gasteiger partial charge in [0.05, 0.1) is 17.4 Å². The van der Waals surface area contributed by atoms with Crippen molar-refractivity contribution in [3.63, 3.8) is 0 Å². The van der Waals surface area contributed by atoms with Crippen LogP contribution < -0.4 is 4.90 Å². The molecule has 2 N–H and O–H groups in total. The number of hydrogen-bond acceptors (Lipinski definition) is 5. The van der Waals surface area contributed by atoms with E-state index in [2.05, 4.69) is 9.97 Å². The fraction of sp³-hybridized carbons (Fsp3) is 0.615. The minimum atomic E-state index is -1.02. The molecule has 1 aromatic heterocycles. The van der Waals surface area contributed by atoms with E-state index in [0.717, 1.165) is 0 Å². The molecule has 0 saturated carbocycles. The fourth-order valence-corrected chi connectivity index (χ4v) is 2.33. The molecule has 2 rings (SSSR count). The van der Waals surface area contributed by atoms with Gasteiger partial charge in [-0.3, -0.25) is 0 Å². The van der Waals surface area contributed by atoms with Gasteiger partial charge in [-0.2, -0.15) is 0 Å². The first-order valence-electron chi connectivity index (χ1n) is 6.31. The van der Waals surface area contributed by atoms with E-state index in [0.29, 0.717) is 31.2 Å². The number of carboxylic acids is 1. The molecule has 1 aromatic rings. The third kappa shape index (κ3) is 2.68. The summed E-state index contributed by atoms with van der Waals surface area (Å²) in [6.45, 7) is 7.00.